The smallest absolute Gasteiger partial charge is 0.357 e. The molecule has 1 atom stereocenters. The lowest BCUT2D eigenvalue weighted by Crippen LogP contribution is -2.15. The monoisotopic (exact) mass is 383 g/mol. The Morgan fingerprint density at radius 2 is 1.56 bits per heavy atom. The van der Waals surface area contributed by atoms with Crippen molar-refractivity contribution in [1.29, 1.82) is 0 Å². The van der Waals surface area contributed by atoms with Gasteiger partial charge in [-0.15, -0.1) is 0 Å². The van der Waals surface area contributed by atoms with Crippen molar-refractivity contribution in [2.45, 2.75) is 19.6 Å². The van der Waals surface area contributed by atoms with Gasteiger partial charge in [-0.2, -0.15) is 0 Å². The minimum atomic E-state index is -3.44. The number of benzene rings is 2. The second kappa shape index (κ2) is 9.25. The summed E-state index contributed by atoms with van der Waals surface area (Å²) < 4.78 is 29.7. The standard InChI is InChI=1S/C18H23ClNO4P/c1-4-23-25(21,24-5-2)18(14-6-12-17(22-3)13-7-14)20-16-10-8-15(19)9-11-16/h6-13,18,20H,4-5H2,1-3H3. The molecule has 1 N–H and O–H groups in total. The van der Waals surface area contributed by atoms with Crippen LogP contribution in [-0.4, -0.2) is 20.3 Å². The summed E-state index contributed by atoms with van der Waals surface area (Å²) in [5.74, 6) is 0.0659. The number of methoxy groups -OCH3 is 1. The first kappa shape index (κ1) is 19.8. The van der Waals surface area contributed by atoms with Gasteiger partial charge in [0.25, 0.3) is 0 Å². The van der Waals surface area contributed by atoms with Gasteiger partial charge in [0, 0.05) is 10.7 Å². The van der Waals surface area contributed by atoms with Gasteiger partial charge < -0.3 is 19.1 Å². The Morgan fingerprint density at radius 3 is 2.04 bits per heavy atom. The second-order valence-electron chi connectivity index (χ2n) is 5.20. The van der Waals surface area contributed by atoms with E-state index in [0.717, 1.165) is 17.0 Å². The van der Waals surface area contributed by atoms with Gasteiger partial charge in [0.05, 0.1) is 20.3 Å². The minimum Gasteiger partial charge on any atom is -0.497 e. The normalized spacial score (nSPS) is 12.6. The molecule has 0 spiro atoms. The van der Waals surface area contributed by atoms with Gasteiger partial charge in [-0.05, 0) is 55.8 Å². The van der Waals surface area contributed by atoms with E-state index in [-0.39, 0.29) is 13.2 Å². The Kier molecular flexibility index (Phi) is 7.33. The van der Waals surface area contributed by atoms with Crippen molar-refractivity contribution >= 4 is 24.9 Å². The maximum atomic E-state index is 13.4. The number of ether oxygens (including phenoxy) is 1. The molecule has 0 aliphatic heterocycles. The third-order valence-electron chi connectivity index (χ3n) is 3.51. The molecule has 0 amide bonds. The lowest BCUT2D eigenvalue weighted by Gasteiger charge is -2.28. The molecule has 5 nitrogen and oxygen atoms in total. The van der Waals surface area contributed by atoms with Crippen LogP contribution in [0, 0.1) is 0 Å². The van der Waals surface area contributed by atoms with Crippen LogP contribution in [0.1, 0.15) is 25.2 Å². The second-order valence-corrected chi connectivity index (χ2v) is 7.75. The first-order valence-electron chi connectivity index (χ1n) is 8.07. The van der Waals surface area contributed by atoms with Crippen LogP contribution >= 0.6 is 19.2 Å². The minimum absolute atomic E-state index is 0.284. The van der Waals surface area contributed by atoms with Gasteiger partial charge in [-0.3, -0.25) is 4.57 Å². The van der Waals surface area contributed by atoms with Crippen molar-refractivity contribution in [3.05, 3.63) is 59.1 Å². The predicted molar refractivity (Wildman–Crippen MR) is 102 cm³/mol. The van der Waals surface area contributed by atoms with Gasteiger partial charge in [-0.25, -0.2) is 0 Å². The summed E-state index contributed by atoms with van der Waals surface area (Å²) in [6.07, 6.45) is 0. The molecule has 136 valence electrons. The van der Waals surface area contributed by atoms with E-state index in [0.29, 0.717) is 5.02 Å². The summed E-state index contributed by atoms with van der Waals surface area (Å²) in [5.41, 5.74) is 1.55. The SMILES string of the molecule is CCOP(=O)(OCC)C(Nc1ccc(Cl)cc1)c1ccc(OC)cc1. The zero-order valence-corrected chi connectivity index (χ0v) is 16.2. The summed E-state index contributed by atoms with van der Waals surface area (Å²) in [4.78, 5) is 0. The van der Waals surface area contributed by atoms with Crippen LogP contribution in [0.25, 0.3) is 0 Å². The van der Waals surface area contributed by atoms with Gasteiger partial charge in [0.2, 0.25) is 0 Å². The van der Waals surface area contributed by atoms with Crippen LogP contribution in [0.5, 0.6) is 5.75 Å². The largest absolute Gasteiger partial charge is 0.497 e. The fourth-order valence-corrected chi connectivity index (χ4v) is 4.44. The van der Waals surface area contributed by atoms with Gasteiger partial charge >= 0.3 is 7.60 Å². The average molecular weight is 384 g/mol. The van der Waals surface area contributed by atoms with E-state index in [2.05, 4.69) is 5.32 Å². The summed E-state index contributed by atoms with van der Waals surface area (Å²) in [6.45, 7) is 4.15. The molecule has 0 heterocycles. The molecule has 0 aliphatic rings. The molecule has 2 rings (SSSR count). The Labute approximate surface area is 153 Å². The van der Waals surface area contributed by atoms with E-state index in [1.165, 1.54) is 0 Å². The number of halogens is 1. The van der Waals surface area contributed by atoms with Crippen molar-refractivity contribution in [3.63, 3.8) is 0 Å². The highest BCUT2D eigenvalue weighted by Crippen LogP contribution is 2.60. The van der Waals surface area contributed by atoms with Crippen LogP contribution in [0.3, 0.4) is 0 Å². The van der Waals surface area contributed by atoms with Crippen LogP contribution in [0.4, 0.5) is 5.69 Å². The molecule has 0 bridgehead atoms. The Hall–Kier alpha value is -1.52. The highest BCUT2D eigenvalue weighted by atomic mass is 35.5. The van der Waals surface area contributed by atoms with Gasteiger partial charge in [-0.1, -0.05) is 23.7 Å². The van der Waals surface area contributed by atoms with E-state index in [1.807, 2.05) is 36.4 Å². The highest BCUT2D eigenvalue weighted by Gasteiger charge is 2.37. The molecule has 2 aromatic rings. The Balaban J connectivity index is 2.41. The van der Waals surface area contributed by atoms with E-state index in [1.54, 1.807) is 33.1 Å². The zero-order chi connectivity index (χ0) is 18.3. The van der Waals surface area contributed by atoms with E-state index in [9.17, 15) is 4.57 Å². The number of anilines is 1. The zero-order valence-electron chi connectivity index (χ0n) is 14.6. The van der Waals surface area contributed by atoms with E-state index >= 15 is 0 Å². The molecular weight excluding hydrogens is 361 g/mol. The maximum Gasteiger partial charge on any atom is 0.357 e. The number of hydrogen-bond donors (Lipinski definition) is 1. The Morgan fingerprint density at radius 1 is 1.00 bits per heavy atom. The summed E-state index contributed by atoms with van der Waals surface area (Å²) in [5, 5.41) is 3.89. The Bertz CT molecular complexity index is 696. The number of hydrogen-bond acceptors (Lipinski definition) is 5. The van der Waals surface area contributed by atoms with Crippen molar-refractivity contribution < 1.29 is 18.3 Å². The quantitative estimate of drug-likeness (QED) is 0.561. The summed E-state index contributed by atoms with van der Waals surface area (Å²) in [7, 11) is -1.84. The number of rotatable bonds is 9. The first-order valence-corrected chi connectivity index (χ1v) is 10.1. The lowest BCUT2D eigenvalue weighted by atomic mass is 10.2. The molecule has 0 aromatic heterocycles. The molecular formula is C18H23ClNO4P. The molecule has 0 fully saturated rings. The fourth-order valence-electron chi connectivity index (χ4n) is 2.38. The van der Waals surface area contributed by atoms with Crippen molar-refractivity contribution in [2.75, 3.05) is 25.6 Å². The molecule has 1 unspecified atom stereocenters. The highest BCUT2D eigenvalue weighted by molar-refractivity contribution is 7.54. The van der Waals surface area contributed by atoms with Crippen molar-refractivity contribution in [3.8, 4) is 5.75 Å². The first-order chi connectivity index (χ1) is 12.0. The maximum absolute atomic E-state index is 13.4. The molecule has 0 saturated heterocycles. The predicted octanol–water partition coefficient (Wildman–Crippen LogP) is 5.73. The van der Waals surface area contributed by atoms with Crippen LogP contribution in [0.2, 0.25) is 5.02 Å². The summed E-state index contributed by atoms with van der Waals surface area (Å²) >= 11 is 5.94. The third-order valence-corrected chi connectivity index (χ3v) is 6.06. The van der Waals surface area contributed by atoms with Gasteiger partial charge in [0.15, 0.2) is 5.78 Å². The van der Waals surface area contributed by atoms with Crippen LogP contribution < -0.4 is 10.1 Å². The third kappa shape index (κ3) is 5.23. The number of nitrogens with one attached hydrogen (secondary N) is 1. The fraction of sp³-hybridized carbons (Fsp3) is 0.333. The average Bonchev–Trinajstić information content (AvgIpc) is 2.62. The van der Waals surface area contributed by atoms with Gasteiger partial charge in [0.1, 0.15) is 5.75 Å². The molecule has 25 heavy (non-hydrogen) atoms. The molecule has 2 aromatic carbocycles. The topological polar surface area (TPSA) is 56.8 Å². The van der Waals surface area contributed by atoms with Crippen molar-refractivity contribution in [1.82, 2.24) is 0 Å². The van der Waals surface area contributed by atoms with E-state index < -0.39 is 13.4 Å². The molecule has 0 aliphatic carbocycles. The van der Waals surface area contributed by atoms with Crippen LogP contribution in [0.15, 0.2) is 48.5 Å². The van der Waals surface area contributed by atoms with Crippen molar-refractivity contribution in [2.24, 2.45) is 0 Å². The molecule has 0 saturated carbocycles. The lowest BCUT2D eigenvalue weighted by molar-refractivity contribution is 0.214. The molecule has 0 radical (unpaired) electrons. The van der Waals surface area contributed by atoms with E-state index in [4.69, 9.17) is 25.4 Å². The summed E-state index contributed by atoms with van der Waals surface area (Å²) in [6, 6.07) is 14.5. The van der Waals surface area contributed by atoms with Crippen LogP contribution in [-0.2, 0) is 13.6 Å². The molecule has 7 heteroatoms.